The van der Waals surface area contributed by atoms with E-state index in [0.29, 0.717) is 12.1 Å². The van der Waals surface area contributed by atoms with Crippen LogP contribution in [0.25, 0.3) is 0 Å². The highest BCUT2D eigenvalue weighted by Crippen LogP contribution is 2.21. The summed E-state index contributed by atoms with van der Waals surface area (Å²) in [4.78, 5) is 23.7. The van der Waals surface area contributed by atoms with Crippen LogP contribution < -0.4 is 10.0 Å². The van der Waals surface area contributed by atoms with Crippen molar-refractivity contribution in [1.29, 1.82) is 0 Å². The standard InChI is InChI=1S/C19H21FN2O5S/c1-4-21-18(23)13(3)27-19(24)14-6-5-7-16(10-14)22-28(25,26)17-11-15(20)9-8-12(17)2/h5-11,13,22H,4H2,1-3H3,(H,21,23)/t13-/m0/s1. The van der Waals surface area contributed by atoms with E-state index < -0.39 is 33.8 Å². The molecule has 0 bridgehead atoms. The quantitative estimate of drug-likeness (QED) is 0.686. The summed E-state index contributed by atoms with van der Waals surface area (Å²) < 4.78 is 45.9. The Balaban J connectivity index is 2.20. The number of hydrogen-bond donors (Lipinski definition) is 2. The first-order chi connectivity index (χ1) is 13.1. The molecule has 150 valence electrons. The lowest BCUT2D eigenvalue weighted by atomic mass is 10.2. The maximum Gasteiger partial charge on any atom is 0.338 e. The highest BCUT2D eigenvalue weighted by atomic mass is 32.2. The van der Waals surface area contributed by atoms with Crippen LogP contribution in [-0.2, 0) is 19.6 Å². The molecule has 0 aliphatic heterocycles. The molecule has 0 aliphatic carbocycles. The van der Waals surface area contributed by atoms with E-state index in [0.717, 1.165) is 6.07 Å². The summed E-state index contributed by atoms with van der Waals surface area (Å²) in [5.74, 6) is -1.89. The third-order valence-electron chi connectivity index (χ3n) is 3.79. The summed E-state index contributed by atoms with van der Waals surface area (Å²) in [7, 11) is -4.06. The first-order valence-corrected chi connectivity index (χ1v) is 10.00. The number of anilines is 1. The minimum Gasteiger partial charge on any atom is -0.449 e. The van der Waals surface area contributed by atoms with E-state index in [2.05, 4.69) is 10.0 Å². The molecule has 1 atom stereocenters. The highest BCUT2D eigenvalue weighted by molar-refractivity contribution is 7.92. The van der Waals surface area contributed by atoms with Crippen LogP contribution in [0.15, 0.2) is 47.4 Å². The summed E-state index contributed by atoms with van der Waals surface area (Å²) in [6, 6.07) is 9.06. The summed E-state index contributed by atoms with van der Waals surface area (Å²) in [5, 5.41) is 2.53. The van der Waals surface area contributed by atoms with Gasteiger partial charge in [0.15, 0.2) is 6.10 Å². The van der Waals surface area contributed by atoms with Gasteiger partial charge in [0.25, 0.3) is 15.9 Å². The molecule has 0 aromatic heterocycles. The molecular weight excluding hydrogens is 387 g/mol. The molecule has 0 saturated heterocycles. The van der Waals surface area contributed by atoms with Gasteiger partial charge in [0.2, 0.25) is 0 Å². The fourth-order valence-electron chi connectivity index (χ4n) is 2.38. The molecule has 0 spiro atoms. The molecule has 1 amide bonds. The number of esters is 1. The van der Waals surface area contributed by atoms with Crippen LogP contribution in [0.1, 0.15) is 29.8 Å². The second-order valence-electron chi connectivity index (χ2n) is 6.04. The van der Waals surface area contributed by atoms with Gasteiger partial charge in [-0.2, -0.15) is 0 Å². The Morgan fingerprint density at radius 1 is 1.18 bits per heavy atom. The number of aryl methyl sites for hydroxylation is 1. The Morgan fingerprint density at radius 3 is 2.57 bits per heavy atom. The number of hydrogen-bond acceptors (Lipinski definition) is 5. The predicted molar refractivity (Wildman–Crippen MR) is 102 cm³/mol. The van der Waals surface area contributed by atoms with Crippen LogP contribution in [0, 0.1) is 12.7 Å². The number of nitrogens with one attached hydrogen (secondary N) is 2. The number of benzene rings is 2. The number of rotatable bonds is 7. The van der Waals surface area contributed by atoms with E-state index in [1.165, 1.54) is 43.3 Å². The number of amides is 1. The molecule has 0 saturated carbocycles. The average Bonchev–Trinajstić information content (AvgIpc) is 2.63. The smallest absolute Gasteiger partial charge is 0.338 e. The third kappa shape index (κ3) is 5.29. The monoisotopic (exact) mass is 408 g/mol. The van der Waals surface area contributed by atoms with E-state index in [1.807, 2.05) is 0 Å². The van der Waals surface area contributed by atoms with Gasteiger partial charge >= 0.3 is 5.97 Å². The maximum absolute atomic E-state index is 13.4. The van der Waals surface area contributed by atoms with Gasteiger partial charge in [0.05, 0.1) is 10.5 Å². The average molecular weight is 408 g/mol. The lowest BCUT2D eigenvalue weighted by Gasteiger charge is -2.14. The number of carbonyl (C=O) groups is 2. The fraction of sp³-hybridized carbons (Fsp3) is 0.263. The topological polar surface area (TPSA) is 102 Å². The number of carbonyl (C=O) groups excluding carboxylic acids is 2. The Hall–Kier alpha value is -2.94. The zero-order chi connectivity index (χ0) is 20.9. The normalized spacial score (nSPS) is 12.1. The van der Waals surface area contributed by atoms with E-state index in [-0.39, 0.29) is 16.1 Å². The highest BCUT2D eigenvalue weighted by Gasteiger charge is 2.21. The van der Waals surface area contributed by atoms with Gasteiger partial charge < -0.3 is 10.1 Å². The van der Waals surface area contributed by atoms with Crippen molar-refractivity contribution in [1.82, 2.24) is 5.32 Å². The molecule has 0 heterocycles. The fourth-order valence-corrected chi connectivity index (χ4v) is 3.69. The Kier molecular flexibility index (Phi) is 6.74. The van der Waals surface area contributed by atoms with Gasteiger partial charge in [-0.15, -0.1) is 0 Å². The van der Waals surface area contributed by atoms with Gasteiger partial charge in [-0.3, -0.25) is 9.52 Å². The van der Waals surface area contributed by atoms with Crippen molar-refractivity contribution in [2.24, 2.45) is 0 Å². The van der Waals surface area contributed by atoms with E-state index >= 15 is 0 Å². The Bertz CT molecular complexity index is 992. The minimum absolute atomic E-state index is 0.0623. The van der Waals surface area contributed by atoms with Crippen molar-refractivity contribution in [3.63, 3.8) is 0 Å². The van der Waals surface area contributed by atoms with Gasteiger partial charge in [0, 0.05) is 12.2 Å². The molecule has 0 radical (unpaired) electrons. The molecule has 9 heteroatoms. The molecule has 0 unspecified atom stereocenters. The van der Waals surface area contributed by atoms with Crippen LogP contribution in [-0.4, -0.2) is 32.9 Å². The molecule has 0 aliphatic rings. The molecule has 2 N–H and O–H groups in total. The van der Waals surface area contributed by atoms with E-state index in [4.69, 9.17) is 4.74 Å². The molecule has 7 nitrogen and oxygen atoms in total. The number of sulfonamides is 1. The predicted octanol–water partition coefficient (Wildman–Crippen LogP) is 2.62. The van der Waals surface area contributed by atoms with Gasteiger partial charge in [-0.25, -0.2) is 17.6 Å². The molecule has 0 fully saturated rings. The summed E-state index contributed by atoms with van der Waals surface area (Å²) in [5.41, 5.74) is 0.538. The second-order valence-corrected chi connectivity index (χ2v) is 7.69. The molecular formula is C19H21FN2O5S. The van der Waals surface area contributed by atoms with Gasteiger partial charge in [0.1, 0.15) is 5.82 Å². The summed E-state index contributed by atoms with van der Waals surface area (Å²) >= 11 is 0. The van der Waals surface area contributed by atoms with Gasteiger partial charge in [-0.05, 0) is 56.7 Å². The number of ether oxygens (including phenoxy) is 1. The SMILES string of the molecule is CCNC(=O)[C@H](C)OC(=O)c1cccc(NS(=O)(=O)c2cc(F)ccc2C)c1. The maximum atomic E-state index is 13.4. The molecule has 2 aromatic carbocycles. The largest absolute Gasteiger partial charge is 0.449 e. The van der Waals surface area contributed by atoms with Crippen molar-refractivity contribution in [2.45, 2.75) is 31.8 Å². The lowest BCUT2D eigenvalue weighted by Crippen LogP contribution is -2.35. The van der Waals surface area contributed by atoms with Crippen molar-refractivity contribution < 1.29 is 27.1 Å². The molecule has 2 aromatic rings. The zero-order valence-corrected chi connectivity index (χ0v) is 16.5. The first kappa shape index (κ1) is 21.4. The molecule has 28 heavy (non-hydrogen) atoms. The second kappa shape index (κ2) is 8.83. The van der Waals surface area contributed by atoms with Crippen LogP contribution in [0.3, 0.4) is 0 Å². The minimum atomic E-state index is -4.06. The van der Waals surface area contributed by atoms with Crippen LogP contribution in [0.5, 0.6) is 0 Å². The Labute approximate surface area is 163 Å². The van der Waals surface area contributed by atoms with Crippen LogP contribution >= 0.6 is 0 Å². The van der Waals surface area contributed by atoms with Crippen molar-refractivity contribution >= 4 is 27.6 Å². The van der Waals surface area contributed by atoms with Gasteiger partial charge in [-0.1, -0.05) is 12.1 Å². The zero-order valence-electron chi connectivity index (χ0n) is 15.7. The number of likely N-dealkylation sites (N-methyl/N-ethyl adjacent to an activating group) is 1. The van der Waals surface area contributed by atoms with E-state index in [9.17, 15) is 22.4 Å². The summed E-state index contributed by atoms with van der Waals surface area (Å²) in [6.45, 7) is 5.12. The van der Waals surface area contributed by atoms with Crippen molar-refractivity contribution in [3.8, 4) is 0 Å². The molecule has 2 rings (SSSR count). The van der Waals surface area contributed by atoms with Crippen molar-refractivity contribution in [3.05, 3.63) is 59.4 Å². The third-order valence-corrected chi connectivity index (χ3v) is 5.32. The van der Waals surface area contributed by atoms with Crippen LogP contribution in [0.4, 0.5) is 10.1 Å². The van der Waals surface area contributed by atoms with Crippen molar-refractivity contribution in [2.75, 3.05) is 11.3 Å². The Morgan fingerprint density at radius 2 is 1.89 bits per heavy atom. The van der Waals surface area contributed by atoms with E-state index in [1.54, 1.807) is 13.8 Å². The number of halogens is 1. The lowest BCUT2D eigenvalue weighted by molar-refractivity contribution is -0.128. The first-order valence-electron chi connectivity index (χ1n) is 8.51. The van der Waals surface area contributed by atoms with Crippen LogP contribution in [0.2, 0.25) is 0 Å². The summed E-state index contributed by atoms with van der Waals surface area (Å²) in [6.07, 6.45) is -0.997.